The smallest absolute Gasteiger partial charge is 0.0748 e. The minimum absolute atomic E-state index is 0.382. The lowest BCUT2D eigenvalue weighted by molar-refractivity contribution is 0.427. The molecule has 1 unspecified atom stereocenters. The Balaban J connectivity index is 2.56. The molecule has 46 valence electrons. The molecular weight excluding hydrogens is 119 g/mol. The highest BCUT2D eigenvalue weighted by Crippen LogP contribution is 2.43. The van der Waals surface area contributed by atoms with Crippen LogP contribution in [0.2, 0.25) is 0 Å². The molecule has 0 aromatic rings. The van der Waals surface area contributed by atoms with Crippen LogP contribution in [-0.2, 0) is 4.57 Å². The van der Waals surface area contributed by atoms with Gasteiger partial charge in [0.2, 0.25) is 0 Å². The van der Waals surface area contributed by atoms with Gasteiger partial charge in [-0.05, 0) is 0 Å². The number of hydrogen-bond acceptors (Lipinski definition) is 1. The Bertz CT molecular complexity index is 118. The van der Waals surface area contributed by atoms with E-state index in [0.29, 0.717) is 5.41 Å². The van der Waals surface area contributed by atoms with Gasteiger partial charge in [-0.1, -0.05) is 18.4 Å². The van der Waals surface area contributed by atoms with Crippen molar-refractivity contribution in [2.24, 2.45) is 5.41 Å². The molecule has 0 bridgehead atoms. The first-order valence-electron chi connectivity index (χ1n) is 3.02. The summed E-state index contributed by atoms with van der Waals surface area (Å²) in [6.45, 7) is 4.38. The van der Waals surface area contributed by atoms with Crippen LogP contribution in [0.3, 0.4) is 0 Å². The fourth-order valence-electron chi connectivity index (χ4n) is 1.06. The summed E-state index contributed by atoms with van der Waals surface area (Å²) in [7, 11) is -0.803. The van der Waals surface area contributed by atoms with Crippen molar-refractivity contribution in [1.29, 1.82) is 0 Å². The van der Waals surface area contributed by atoms with Gasteiger partial charge in [-0.25, -0.2) is 0 Å². The largest absolute Gasteiger partial charge is 0.339 e. The molecule has 1 saturated heterocycles. The van der Waals surface area contributed by atoms with Gasteiger partial charge in [0.05, 0.1) is 0 Å². The molecule has 0 aromatic carbocycles. The molecule has 1 heterocycles. The van der Waals surface area contributed by atoms with E-state index in [9.17, 15) is 4.57 Å². The molecule has 1 fully saturated rings. The van der Waals surface area contributed by atoms with Crippen molar-refractivity contribution in [3.8, 4) is 0 Å². The molecule has 8 heavy (non-hydrogen) atoms. The molecule has 1 nitrogen and oxygen atoms in total. The average Bonchev–Trinajstić information content (AvgIpc) is 1.82. The van der Waals surface area contributed by atoms with Crippen molar-refractivity contribution in [2.45, 2.75) is 20.3 Å². The quantitative estimate of drug-likeness (QED) is 0.461. The lowest BCUT2D eigenvalue weighted by Gasteiger charge is -2.07. The van der Waals surface area contributed by atoms with Crippen LogP contribution < -0.4 is 0 Å². The Hall–Kier alpha value is 0.100. The number of hydrogen-bond donors (Lipinski definition) is 0. The van der Waals surface area contributed by atoms with Crippen molar-refractivity contribution >= 4 is 7.80 Å². The van der Waals surface area contributed by atoms with Crippen LogP contribution in [-0.4, -0.2) is 12.3 Å². The second-order valence-electron chi connectivity index (χ2n) is 3.28. The third-order valence-electron chi connectivity index (χ3n) is 1.64. The zero-order valence-electron chi connectivity index (χ0n) is 5.48. The van der Waals surface area contributed by atoms with Gasteiger partial charge in [0.25, 0.3) is 0 Å². The SMILES string of the molecule is CC1(C)CC[P+](=O)C1. The van der Waals surface area contributed by atoms with Crippen molar-refractivity contribution in [1.82, 2.24) is 0 Å². The van der Waals surface area contributed by atoms with Crippen molar-refractivity contribution in [3.05, 3.63) is 0 Å². The monoisotopic (exact) mass is 131 g/mol. The van der Waals surface area contributed by atoms with Crippen LogP contribution >= 0.6 is 7.80 Å². The summed E-state index contributed by atoms with van der Waals surface area (Å²) in [6, 6.07) is 0. The first-order chi connectivity index (χ1) is 3.60. The first-order valence-corrected chi connectivity index (χ1v) is 4.65. The van der Waals surface area contributed by atoms with E-state index in [1.165, 1.54) is 0 Å². The summed E-state index contributed by atoms with van der Waals surface area (Å²) >= 11 is 0. The third kappa shape index (κ3) is 1.29. The van der Waals surface area contributed by atoms with Gasteiger partial charge >= 0.3 is 7.80 Å². The molecule has 0 aliphatic carbocycles. The van der Waals surface area contributed by atoms with Crippen LogP contribution in [0.4, 0.5) is 0 Å². The lowest BCUT2D eigenvalue weighted by Crippen LogP contribution is -2.07. The Morgan fingerprint density at radius 3 is 2.25 bits per heavy atom. The van der Waals surface area contributed by atoms with E-state index in [1.807, 2.05) is 0 Å². The van der Waals surface area contributed by atoms with Crippen LogP contribution in [0.15, 0.2) is 0 Å². The molecule has 0 spiro atoms. The van der Waals surface area contributed by atoms with E-state index < -0.39 is 7.80 Å². The van der Waals surface area contributed by atoms with Gasteiger partial charge in [0, 0.05) is 11.8 Å². The zero-order chi connectivity index (χ0) is 6.20. The highest BCUT2D eigenvalue weighted by Gasteiger charge is 2.38. The maximum absolute atomic E-state index is 10.8. The van der Waals surface area contributed by atoms with Gasteiger partial charge in [-0.2, -0.15) is 0 Å². The summed E-state index contributed by atoms with van der Waals surface area (Å²) in [5.41, 5.74) is 0.382. The Kier molecular flexibility index (Phi) is 1.40. The summed E-state index contributed by atoms with van der Waals surface area (Å²) in [4.78, 5) is 0. The maximum Gasteiger partial charge on any atom is 0.339 e. The van der Waals surface area contributed by atoms with E-state index in [1.54, 1.807) is 0 Å². The molecule has 1 aliphatic rings. The first kappa shape index (κ1) is 6.22. The highest BCUT2D eigenvalue weighted by atomic mass is 31.1. The average molecular weight is 131 g/mol. The molecule has 1 atom stereocenters. The van der Waals surface area contributed by atoms with E-state index in [4.69, 9.17) is 0 Å². The second kappa shape index (κ2) is 1.80. The van der Waals surface area contributed by atoms with Crippen LogP contribution in [0.25, 0.3) is 0 Å². The zero-order valence-corrected chi connectivity index (χ0v) is 6.37. The third-order valence-corrected chi connectivity index (χ3v) is 3.57. The second-order valence-corrected chi connectivity index (χ2v) is 5.00. The molecule has 1 rings (SSSR count). The molecule has 0 aromatic heterocycles. The van der Waals surface area contributed by atoms with Crippen LogP contribution in [0.5, 0.6) is 0 Å². The van der Waals surface area contributed by atoms with E-state index in [2.05, 4.69) is 13.8 Å². The van der Waals surface area contributed by atoms with Gasteiger partial charge in [-0.15, -0.1) is 0 Å². The standard InChI is InChI=1S/C6H12OP/c1-6(2)3-4-8(7)5-6/h3-5H2,1-2H3/q+1. The van der Waals surface area contributed by atoms with E-state index in [0.717, 1.165) is 18.7 Å². The Morgan fingerprint density at radius 1 is 1.50 bits per heavy atom. The van der Waals surface area contributed by atoms with Gasteiger partial charge in [0.1, 0.15) is 6.16 Å². The number of rotatable bonds is 0. The van der Waals surface area contributed by atoms with E-state index >= 15 is 0 Å². The minimum Gasteiger partial charge on any atom is -0.0748 e. The Labute approximate surface area is 51.3 Å². The van der Waals surface area contributed by atoms with Crippen molar-refractivity contribution in [2.75, 3.05) is 12.3 Å². The molecule has 2 heteroatoms. The predicted molar refractivity (Wildman–Crippen MR) is 35.7 cm³/mol. The fraction of sp³-hybridized carbons (Fsp3) is 1.00. The highest BCUT2D eigenvalue weighted by molar-refractivity contribution is 7.45. The van der Waals surface area contributed by atoms with Crippen LogP contribution in [0.1, 0.15) is 20.3 Å². The predicted octanol–water partition coefficient (Wildman–Crippen LogP) is 2.24. The summed E-state index contributed by atoms with van der Waals surface area (Å²) in [5.74, 6) is 0. The minimum atomic E-state index is -0.803. The molecule has 0 amide bonds. The van der Waals surface area contributed by atoms with Crippen molar-refractivity contribution < 1.29 is 4.57 Å². The topological polar surface area (TPSA) is 17.1 Å². The summed E-state index contributed by atoms with van der Waals surface area (Å²) < 4.78 is 10.8. The van der Waals surface area contributed by atoms with E-state index in [-0.39, 0.29) is 0 Å². The molecular formula is C6H12OP+. The molecule has 0 N–H and O–H groups in total. The fourth-order valence-corrected chi connectivity index (χ4v) is 3.19. The van der Waals surface area contributed by atoms with Gasteiger partial charge in [0.15, 0.2) is 6.16 Å². The molecule has 0 radical (unpaired) electrons. The molecule has 1 aliphatic heterocycles. The lowest BCUT2D eigenvalue weighted by atomic mass is 9.94. The van der Waals surface area contributed by atoms with Gasteiger partial charge in [-0.3, -0.25) is 0 Å². The maximum atomic E-state index is 10.8. The summed E-state index contributed by atoms with van der Waals surface area (Å²) in [5, 5.41) is 0. The summed E-state index contributed by atoms with van der Waals surface area (Å²) in [6.07, 6.45) is 3.06. The normalized spacial score (nSPS) is 31.0. The van der Waals surface area contributed by atoms with Crippen LogP contribution in [0, 0.1) is 5.41 Å². The Morgan fingerprint density at radius 2 is 2.12 bits per heavy atom. The van der Waals surface area contributed by atoms with Gasteiger partial charge < -0.3 is 0 Å². The molecule has 0 saturated carbocycles. The van der Waals surface area contributed by atoms with Crippen molar-refractivity contribution in [3.63, 3.8) is 0 Å².